The van der Waals surface area contributed by atoms with Crippen molar-refractivity contribution in [2.24, 2.45) is 0 Å². The van der Waals surface area contributed by atoms with Gasteiger partial charge in [0.1, 0.15) is 4.90 Å². The van der Waals surface area contributed by atoms with Crippen LogP contribution in [-0.4, -0.2) is 54.2 Å². The Labute approximate surface area is 202 Å². The first-order chi connectivity index (χ1) is 16.7. The Morgan fingerprint density at radius 3 is 2.34 bits per heavy atom. The molecular formula is C20H17ClF2N6O5S. The highest BCUT2D eigenvalue weighted by Gasteiger charge is 2.26. The first kappa shape index (κ1) is 24.3. The van der Waals surface area contributed by atoms with E-state index in [0.717, 1.165) is 14.2 Å². The van der Waals surface area contributed by atoms with Gasteiger partial charge in [-0.3, -0.25) is 9.97 Å². The van der Waals surface area contributed by atoms with E-state index < -0.39 is 40.1 Å². The summed E-state index contributed by atoms with van der Waals surface area (Å²) in [5.41, 5.74) is 1.97. The number of ether oxygens (including phenoxy) is 3. The molecule has 0 spiro atoms. The summed E-state index contributed by atoms with van der Waals surface area (Å²) in [5, 5.41) is 0.644. The number of methoxy groups -OCH3 is 2. The summed E-state index contributed by atoms with van der Waals surface area (Å²) in [6.07, 6.45) is 4.29. The summed E-state index contributed by atoms with van der Waals surface area (Å²) in [5.74, 6) is -1.99. The van der Waals surface area contributed by atoms with E-state index in [1.807, 2.05) is 0 Å². The van der Waals surface area contributed by atoms with E-state index in [1.54, 1.807) is 13.0 Å². The van der Waals surface area contributed by atoms with Gasteiger partial charge in [0.2, 0.25) is 11.7 Å². The highest BCUT2D eigenvalue weighted by atomic mass is 35.5. The Morgan fingerprint density at radius 1 is 1.09 bits per heavy atom. The van der Waals surface area contributed by atoms with Crippen molar-refractivity contribution < 1.29 is 31.4 Å². The number of fused-ring (bicyclic) bond motifs is 1. The number of alkyl halides is 2. The van der Waals surface area contributed by atoms with Crippen LogP contribution in [0.2, 0.25) is 5.02 Å². The maximum Gasteiger partial charge on any atom is 0.387 e. The number of hydrogen-bond donors (Lipinski definition) is 2. The van der Waals surface area contributed by atoms with E-state index in [2.05, 4.69) is 34.4 Å². The Balaban J connectivity index is 1.79. The van der Waals surface area contributed by atoms with Gasteiger partial charge in [0.15, 0.2) is 0 Å². The Bertz CT molecular complexity index is 1490. The lowest BCUT2D eigenvalue weighted by Gasteiger charge is -2.14. The minimum atomic E-state index is -4.29. The molecular weight excluding hydrogens is 510 g/mol. The summed E-state index contributed by atoms with van der Waals surface area (Å²) in [6, 6.07) is 3.07. The zero-order valence-electron chi connectivity index (χ0n) is 18.3. The van der Waals surface area contributed by atoms with Gasteiger partial charge in [-0.15, -0.1) is 0 Å². The third kappa shape index (κ3) is 4.61. The van der Waals surface area contributed by atoms with Crippen molar-refractivity contribution >= 4 is 38.5 Å². The average molecular weight is 527 g/mol. The van der Waals surface area contributed by atoms with Crippen LogP contribution >= 0.6 is 11.6 Å². The number of aryl methyl sites for hydroxylation is 1. The molecule has 0 aliphatic rings. The molecule has 0 saturated heterocycles. The number of halogens is 3. The highest BCUT2D eigenvalue weighted by molar-refractivity contribution is 7.93. The Hall–Kier alpha value is -3.78. The molecule has 0 unspecified atom stereocenters. The molecule has 1 aromatic carbocycles. The second-order valence-corrected chi connectivity index (χ2v) is 8.93. The second kappa shape index (κ2) is 9.46. The molecule has 0 fully saturated rings. The topological polar surface area (TPSA) is 141 Å². The number of hydrogen-bond acceptors (Lipinski definition) is 9. The largest absolute Gasteiger partial charge is 0.478 e. The van der Waals surface area contributed by atoms with Crippen LogP contribution in [-0.2, 0) is 10.0 Å². The zero-order valence-corrected chi connectivity index (χ0v) is 19.9. The van der Waals surface area contributed by atoms with E-state index in [1.165, 1.54) is 24.7 Å². The van der Waals surface area contributed by atoms with E-state index in [9.17, 15) is 17.2 Å². The molecule has 11 nitrogen and oxygen atoms in total. The van der Waals surface area contributed by atoms with Crippen LogP contribution in [0.3, 0.4) is 0 Å². The molecule has 3 aromatic heterocycles. The molecule has 0 aliphatic heterocycles. The van der Waals surface area contributed by atoms with Gasteiger partial charge in [0, 0.05) is 29.5 Å². The maximum atomic E-state index is 13.2. The molecule has 0 radical (unpaired) electrons. The highest BCUT2D eigenvalue weighted by Crippen LogP contribution is 2.39. The minimum Gasteiger partial charge on any atom is -0.478 e. The summed E-state index contributed by atoms with van der Waals surface area (Å²) >= 11 is 6.41. The summed E-state index contributed by atoms with van der Waals surface area (Å²) in [4.78, 5) is 18.9. The molecule has 0 atom stereocenters. The molecule has 4 aromatic rings. The van der Waals surface area contributed by atoms with Crippen LogP contribution in [0.25, 0.3) is 22.2 Å². The predicted octanol–water partition coefficient (Wildman–Crippen LogP) is 3.80. The molecule has 15 heteroatoms. The maximum absolute atomic E-state index is 13.2. The molecule has 0 bridgehead atoms. The van der Waals surface area contributed by atoms with Crippen molar-refractivity contribution in [2.45, 2.75) is 18.4 Å². The molecule has 0 aliphatic carbocycles. The lowest BCUT2D eigenvalue weighted by atomic mass is 10.1. The first-order valence-electron chi connectivity index (χ1n) is 9.71. The molecule has 4 rings (SSSR count). The van der Waals surface area contributed by atoms with Crippen LogP contribution < -0.4 is 18.9 Å². The monoisotopic (exact) mass is 526 g/mol. The number of sulfonamides is 1. The van der Waals surface area contributed by atoms with Gasteiger partial charge in [0.25, 0.3) is 21.8 Å². The summed E-state index contributed by atoms with van der Waals surface area (Å²) < 4.78 is 68.4. The van der Waals surface area contributed by atoms with E-state index in [0.29, 0.717) is 32.9 Å². The number of rotatable bonds is 8. The van der Waals surface area contributed by atoms with Gasteiger partial charge < -0.3 is 19.2 Å². The number of aromatic nitrogens is 5. The Kier molecular flexibility index (Phi) is 6.58. The van der Waals surface area contributed by atoms with Crippen molar-refractivity contribution in [1.29, 1.82) is 0 Å². The van der Waals surface area contributed by atoms with Crippen molar-refractivity contribution in [1.82, 2.24) is 24.9 Å². The lowest BCUT2D eigenvalue weighted by Crippen LogP contribution is -2.16. The van der Waals surface area contributed by atoms with Crippen LogP contribution in [0.15, 0.2) is 35.6 Å². The number of H-pyrrole nitrogens is 1. The molecule has 0 amide bonds. The zero-order chi connectivity index (χ0) is 25.3. The number of benzene rings is 1. The van der Waals surface area contributed by atoms with E-state index >= 15 is 0 Å². The molecule has 3 heterocycles. The van der Waals surface area contributed by atoms with Gasteiger partial charge in [0.05, 0.1) is 36.1 Å². The van der Waals surface area contributed by atoms with Gasteiger partial charge in [-0.25, -0.2) is 13.1 Å². The number of anilines is 1. The van der Waals surface area contributed by atoms with Gasteiger partial charge in [-0.2, -0.15) is 18.7 Å². The molecule has 0 saturated carbocycles. The van der Waals surface area contributed by atoms with Gasteiger partial charge >= 0.3 is 6.61 Å². The average Bonchev–Trinajstić information content (AvgIpc) is 3.25. The van der Waals surface area contributed by atoms with Crippen molar-refractivity contribution in [3.05, 3.63) is 41.4 Å². The third-order valence-electron chi connectivity index (χ3n) is 4.80. The van der Waals surface area contributed by atoms with Crippen LogP contribution in [0, 0.1) is 6.92 Å². The first-order valence-corrected chi connectivity index (χ1v) is 11.6. The number of nitrogens with zero attached hydrogens (tertiary/aromatic N) is 4. The number of aromatic amines is 1. The summed E-state index contributed by atoms with van der Waals surface area (Å²) in [6.45, 7) is -1.46. The fourth-order valence-electron chi connectivity index (χ4n) is 3.35. The van der Waals surface area contributed by atoms with Crippen molar-refractivity contribution in [2.75, 3.05) is 18.9 Å². The molecule has 184 valence electrons. The standard InChI is InChI=1S/C20H17ClF2N6O5S/c1-9-14(25-7-6-24-9)13-11(21)5-4-10-12(8-26-15(10)13)35(30,31)29-20-27-17(32-2)16(34-19(22)23)18(28-20)33-3/h4-8,19,26H,1-3H3,(H,27,28,29). The fraction of sp³-hybridized carbons (Fsp3) is 0.200. The summed E-state index contributed by atoms with van der Waals surface area (Å²) in [7, 11) is -2.02. The molecule has 35 heavy (non-hydrogen) atoms. The van der Waals surface area contributed by atoms with Crippen LogP contribution in [0.5, 0.6) is 17.5 Å². The normalized spacial score (nSPS) is 11.6. The third-order valence-corrected chi connectivity index (χ3v) is 6.48. The van der Waals surface area contributed by atoms with Crippen molar-refractivity contribution in [3.8, 4) is 28.8 Å². The van der Waals surface area contributed by atoms with E-state index in [-0.39, 0.29) is 4.90 Å². The smallest absolute Gasteiger partial charge is 0.387 e. The lowest BCUT2D eigenvalue weighted by molar-refractivity contribution is -0.0533. The molecule has 2 N–H and O–H groups in total. The predicted molar refractivity (Wildman–Crippen MR) is 122 cm³/mol. The van der Waals surface area contributed by atoms with Crippen LogP contribution in [0.4, 0.5) is 14.7 Å². The SMILES string of the molecule is COc1nc(NS(=O)(=O)c2c[nH]c3c(-c4nccnc4C)c(Cl)ccc23)nc(OC)c1OC(F)F. The Morgan fingerprint density at radius 2 is 1.74 bits per heavy atom. The quantitative estimate of drug-likeness (QED) is 0.350. The fourth-order valence-corrected chi connectivity index (χ4v) is 4.71. The van der Waals surface area contributed by atoms with Gasteiger partial charge in [-0.1, -0.05) is 11.6 Å². The van der Waals surface area contributed by atoms with E-state index in [4.69, 9.17) is 21.1 Å². The van der Waals surface area contributed by atoms with Crippen molar-refractivity contribution in [3.63, 3.8) is 0 Å². The van der Waals surface area contributed by atoms with Crippen LogP contribution in [0.1, 0.15) is 5.69 Å². The van der Waals surface area contributed by atoms with Gasteiger partial charge in [-0.05, 0) is 19.1 Å². The number of nitrogens with one attached hydrogen (secondary N) is 2. The minimum absolute atomic E-state index is 0.151. The second-order valence-electron chi connectivity index (χ2n) is 6.87.